The number of ether oxygens (including phenoxy) is 1. The molecule has 3 rings (SSSR count). The molecule has 1 aliphatic rings. The Balaban J connectivity index is 2.27. The Morgan fingerprint density at radius 2 is 1.31 bits per heavy atom. The summed E-state index contributed by atoms with van der Waals surface area (Å²) in [5.41, 5.74) is 5.05. The molecule has 0 amide bonds. The molecule has 0 radical (unpaired) electrons. The lowest BCUT2D eigenvalue weighted by Gasteiger charge is -2.34. The summed E-state index contributed by atoms with van der Waals surface area (Å²) in [5, 5.41) is 1.05. The van der Waals surface area contributed by atoms with Crippen LogP contribution >= 0.6 is 0 Å². The normalized spacial score (nSPS) is 15.7. The summed E-state index contributed by atoms with van der Waals surface area (Å²) in [6.07, 6.45) is -4.39. The van der Waals surface area contributed by atoms with E-state index in [2.05, 4.69) is 73.2 Å². The van der Waals surface area contributed by atoms with Crippen LogP contribution in [0.3, 0.4) is 0 Å². The maximum absolute atomic E-state index is 13.6. The molecule has 0 N–H and O–H groups in total. The minimum Gasteiger partial charge on any atom is -0.457 e. The lowest BCUT2D eigenvalue weighted by Crippen LogP contribution is -2.50. The van der Waals surface area contributed by atoms with Crippen LogP contribution in [-0.4, -0.2) is 8.07 Å². The second kappa shape index (κ2) is 8.73. The fourth-order valence-corrected chi connectivity index (χ4v) is 10.2. The van der Waals surface area contributed by atoms with E-state index in [1.54, 1.807) is 6.07 Å². The molecule has 1 heterocycles. The first-order valence-electron chi connectivity index (χ1n) is 11.6. The predicted octanol–water partition coefficient (Wildman–Crippen LogP) is 8.40. The fourth-order valence-electron chi connectivity index (χ4n) is 5.09. The van der Waals surface area contributed by atoms with Crippen LogP contribution in [0.2, 0.25) is 11.1 Å². The molecule has 1 aliphatic heterocycles. The van der Waals surface area contributed by atoms with Gasteiger partial charge in [0.1, 0.15) is 19.6 Å². The van der Waals surface area contributed by atoms with Gasteiger partial charge in [0, 0.05) is 5.56 Å². The van der Waals surface area contributed by atoms with Crippen LogP contribution in [0.4, 0.5) is 13.2 Å². The molecule has 32 heavy (non-hydrogen) atoms. The van der Waals surface area contributed by atoms with Gasteiger partial charge < -0.3 is 4.74 Å². The number of para-hydroxylation sites is 1. The van der Waals surface area contributed by atoms with Crippen molar-refractivity contribution in [3.8, 4) is 5.75 Å². The van der Waals surface area contributed by atoms with Crippen LogP contribution in [0.25, 0.3) is 5.76 Å². The van der Waals surface area contributed by atoms with Crippen molar-refractivity contribution >= 4 is 19.0 Å². The Labute approximate surface area is 191 Å². The van der Waals surface area contributed by atoms with Crippen LogP contribution in [0, 0.1) is 0 Å². The summed E-state index contributed by atoms with van der Waals surface area (Å²) in [6.45, 7) is 17.2. The number of fused-ring (bicyclic) bond motifs is 1. The number of alkyl halides is 3. The van der Waals surface area contributed by atoms with Gasteiger partial charge in [-0.05, 0) is 51.0 Å². The highest BCUT2D eigenvalue weighted by Gasteiger charge is 2.47. The van der Waals surface area contributed by atoms with Gasteiger partial charge in [0.15, 0.2) is 0 Å². The summed E-state index contributed by atoms with van der Waals surface area (Å²) in [5.74, 6) is 1.87. The van der Waals surface area contributed by atoms with Crippen molar-refractivity contribution in [2.75, 3.05) is 0 Å². The van der Waals surface area contributed by atoms with Gasteiger partial charge in [-0.2, -0.15) is 13.2 Å². The van der Waals surface area contributed by atoms with Gasteiger partial charge in [0.25, 0.3) is 0 Å². The highest BCUT2D eigenvalue weighted by atomic mass is 28.3. The zero-order valence-electron chi connectivity index (χ0n) is 20.4. The molecular weight excluding hydrogens is 425 g/mol. The van der Waals surface area contributed by atoms with E-state index < -0.39 is 19.8 Å². The summed E-state index contributed by atoms with van der Waals surface area (Å²) >= 11 is 0. The summed E-state index contributed by atoms with van der Waals surface area (Å²) in [4.78, 5) is 0. The van der Waals surface area contributed by atoms with Gasteiger partial charge in [-0.15, -0.1) is 0 Å². The van der Waals surface area contributed by atoms with E-state index in [1.165, 1.54) is 12.1 Å². The molecule has 0 bridgehead atoms. The van der Waals surface area contributed by atoms with Gasteiger partial charge in [-0.25, -0.2) is 0 Å². The third kappa shape index (κ3) is 4.16. The SMILES string of the molecule is CC(C)c1cccc(C(C)C)c1OC1=C[Si](C(C)C)(C(C)C)c2ccc(C(F)(F)F)cc21. The van der Waals surface area contributed by atoms with Crippen molar-refractivity contribution in [3.05, 3.63) is 64.4 Å². The minimum atomic E-state index is -4.39. The molecule has 0 saturated carbocycles. The lowest BCUT2D eigenvalue weighted by molar-refractivity contribution is -0.137. The van der Waals surface area contributed by atoms with E-state index in [1.807, 2.05) is 6.07 Å². The second-order valence-electron chi connectivity index (χ2n) is 10.2. The molecule has 1 nitrogen and oxygen atoms in total. The number of hydrogen-bond acceptors (Lipinski definition) is 1. The topological polar surface area (TPSA) is 9.23 Å². The molecule has 0 aromatic heterocycles. The van der Waals surface area contributed by atoms with Gasteiger partial charge >= 0.3 is 6.18 Å². The van der Waals surface area contributed by atoms with Crippen molar-refractivity contribution in [1.82, 2.24) is 0 Å². The molecule has 0 fully saturated rings. The van der Waals surface area contributed by atoms with Crippen LogP contribution in [-0.2, 0) is 6.18 Å². The van der Waals surface area contributed by atoms with Crippen LogP contribution in [0.5, 0.6) is 5.75 Å². The molecule has 0 atom stereocenters. The van der Waals surface area contributed by atoms with Crippen molar-refractivity contribution in [2.24, 2.45) is 0 Å². The molecule has 2 aromatic rings. The van der Waals surface area contributed by atoms with E-state index in [-0.39, 0.29) is 11.8 Å². The first-order valence-corrected chi connectivity index (χ1v) is 13.8. The van der Waals surface area contributed by atoms with E-state index in [9.17, 15) is 13.2 Å². The molecular formula is C27H35F3OSi. The number of benzene rings is 2. The van der Waals surface area contributed by atoms with E-state index >= 15 is 0 Å². The van der Waals surface area contributed by atoms with Crippen molar-refractivity contribution in [1.29, 1.82) is 0 Å². The fraction of sp³-hybridized carbons (Fsp3) is 0.481. The van der Waals surface area contributed by atoms with Crippen LogP contribution in [0.15, 0.2) is 42.1 Å². The average molecular weight is 461 g/mol. The van der Waals surface area contributed by atoms with Gasteiger partial charge in [-0.3, -0.25) is 0 Å². The highest BCUT2D eigenvalue weighted by Crippen LogP contribution is 2.45. The van der Waals surface area contributed by atoms with Crippen molar-refractivity contribution in [3.63, 3.8) is 0 Å². The number of halogens is 3. The lowest BCUT2D eigenvalue weighted by atomic mass is 9.94. The largest absolute Gasteiger partial charge is 0.457 e. The molecule has 0 unspecified atom stereocenters. The monoisotopic (exact) mass is 460 g/mol. The minimum absolute atomic E-state index is 0.240. The highest BCUT2D eigenvalue weighted by molar-refractivity contribution is 7.00. The summed E-state index contributed by atoms with van der Waals surface area (Å²) in [6, 6.07) is 10.4. The van der Waals surface area contributed by atoms with Crippen LogP contribution in [0.1, 0.15) is 89.5 Å². The molecule has 0 spiro atoms. The number of hydrogen-bond donors (Lipinski definition) is 0. The second-order valence-corrected chi connectivity index (χ2v) is 15.2. The molecule has 0 aliphatic carbocycles. The number of rotatable bonds is 6. The predicted molar refractivity (Wildman–Crippen MR) is 130 cm³/mol. The maximum Gasteiger partial charge on any atom is 0.416 e. The van der Waals surface area contributed by atoms with Crippen molar-refractivity contribution < 1.29 is 17.9 Å². The Morgan fingerprint density at radius 1 is 0.781 bits per heavy atom. The molecule has 5 heteroatoms. The Kier molecular flexibility index (Phi) is 6.72. The quantitative estimate of drug-likeness (QED) is 0.393. The maximum atomic E-state index is 13.6. The van der Waals surface area contributed by atoms with Gasteiger partial charge in [0.05, 0.1) is 5.56 Å². The average Bonchev–Trinajstić information content (AvgIpc) is 3.02. The zero-order valence-corrected chi connectivity index (χ0v) is 21.4. The Hall–Kier alpha value is -2.01. The Bertz CT molecular complexity index is 982. The first kappa shape index (κ1) is 24.6. The molecule has 0 saturated heterocycles. The van der Waals surface area contributed by atoms with Gasteiger partial charge in [0.2, 0.25) is 0 Å². The van der Waals surface area contributed by atoms with Gasteiger partial charge in [-0.1, -0.05) is 85.7 Å². The Morgan fingerprint density at radius 3 is 1.75 bits per heavy atom. The standard InChI is InChI=1S/C27H35F3OSi/c1-16(2)21-10-9-11-22(17(3)4)26(21)31-24-15-32(18(5)6,19(7)8)25-13-12-20(14-23(24)25)27(28,29)30/h9-19H,1-8H3. The van der Waals surface area contributed by atoms with Crippen molar-refractivity contribution in [2.45, 2.75) is 84.5 Å². The van der Waals surface area contributed by atoms with Crippen LogP contribution < -0.4 is 9.92 Å². The third-order valence-corrected chi connectivity index (χ3v) is 12.8. The molecule has 174 valence electrons. The first-order chi connectivity index (χ1) is 14.8. The van der Waals surface area contributed by atoms with E-state index in [0.717, 1.165) is 22.1 Å². The summed E-state index contributed by atoms with van der Waals surface area (Å²) < 4.78 is 47.5. The van der Waals surface area contributed by atoms with E-state index in [0.29, 0.717) is 22.4 Å². The zero-order chi connectivity index (χ0) is 24.0. The third-order valence-electron chi connectivity index (χ3n) is 6.89. The summed E-state index contributed by atoms with van der Waals surface area (Å²) in [7, 11) is -2.25. The smallest absolute Gasteiger partial charge is 0.416 e. The van der Waals surface area contributed by atoms with E-state index in [4.69, 9.17) is 4.74 Å². The molecule has 2 aromatic carbocycles.